The summed E-state index contributed by atoms with van der Waals surface area (Å²) in [6.45, 7) is 5.09. The molecule has 1 unspecified atom stereocenters. The molecule has 0 aromatic carbocycles. The fraction of sp³-hybridized carbons (Fsp3) is 0.681. The van der Waals surface area contributed by atoms with E-state index in [2.05, 4.69) is 98.9 Å². The van der Waals surface area contributed by atoms with E-state index in [1.54, 1.807) is 0 Å². The lowest BCUT2D eigenvalue weighted by Crippen LogP contribution is -2.27. The van der Waals surface area contributed by atoms with E-state index in [1.165, 1.54) is 96.3 Å². The first kappa shape index (κ1) is 48.6. The van der Waals surface area contributed by atoms with Crippen LogP contribution in [0.3, 0.4) is 0 Å². The van der Waals surface area contributed by atoms with Crippen LogP contribution in [0.15, 0.2) is 85.1 Å². The number of carbonyl (C=O) groups excluding carboxylic acids is 1. The van der Waals surface area contributed by atoms with Crippen LogP contribution in [-0.4, -0.2) is 37.0 Å². The van der Waals surface area contributed by atoms with Gasteiger partial charge in [0.1, 0.15) is 6.10 Å². The normalized spacial score (nSPS) is 13.2. The highest BCUT2D eigenvalue weighted by molar-refractivity contribution is 5.69. The summed E-state index contributed by atoms with van der Waals surface area (Å²) < 4.78 is 11.2. The van der Waals surface area contributed by atoms with Crippen molar-refractivity contribution in [1.82, 2.24) is 0 Å². The van der Waals surface area contributed by atoms with Crippen LogP contribution < -0.4 is 0 Å². The van der Waals surface area contributed by atoms with Gasteiger partial charge in [0.2, 0.25) is 0 Å². The molecule has 4 nitrogen and oxygen atoms in total. The van der Waals surface area contributed by atoms with Gasteiger partial charge in [-0.2, -0.15) is 0 Å². The van der Waals surface area contributed by atoms with Crippen molar-refractivity contribution in [3.63, 3.8) is 0 Å². The van der Waals surface area contributed by atoms with E-state index in [-0.39, 0.29) is 19.2 Å². The second-order valence-corrected chi connectivity index (χ2v) is 13.6. The summed E-state index contributed by atoms with van der Waals surface area (Å²) in [4.78, 5) is 12.2. The van der Waals surface area contributed by atoms with Crippen LogP contribution in [-0.2, 0) is 14.3 Å². The lowest BCUT2D eigenvalue weighted by Gasteiger charge is -2.16. The molecule has 0 aliphatic rings. The molecule has 0 fully saturated rings. The minimum Gasteiger partial charge on any atom is -0.457 e. The van der Waals surface area contributed by atoms with Crippen LogP contribution in [0, 0.1) is 0 Å². The number of carbonyl (C=O) groups is 1. The van der Waals surface area contributed by atoms with Crippen molar-refractivity contribution < 1.29 is 19.4 Å². The third-order valence-corrected chi connectivity index (χ3v) is 8.72. The molecule has 0 aliphatic heterocycles. The fourth-order valence-corrected chi connectivity index (χ4v) is 5.63. The molecule has 4 heteroatoms. The predicted octanol–water partition coefficient (Wildman–Crippen LogP) is 14.0. The summed E-state index contributed by atoms with van der Waals surface area (Å²) in [5.41, 5.74) is 0. The molecule has 0 aliphatic carbocycles. The van der Waals surface area contributed by atoms with E-state index in [0.29, 0.717) is 13.0 Å². The number of unbranched alkanes of at least 4 members (excludes halogenated alkanes) is 16. The fourth-order valence-electron chi connectivity index (χ4n) is 5.63. The highest BCUT2D eigenvalue weighted by Crippen LogP contribution is 2.13. The molecule has 0 bridgehead atoms. The molecule has 292 valence electrons. The zero-order chi connectivity index (χ0) is 37.0. The van der Waals surface area contributed by atoms with Gasteiger partial charge in [0.05, 0.1) is 13.2 Å². The second-order valence-electron chi connectivity index (χ2n) is 13.6. The molecule has 0 amide bonds. The van der Waals surface area contributed by atoms with E-state index >= 15 is 0 Å². The average molecular weight is 709 g/mol. The molecule has 0 rings (SSSR count). The van der Waals surface area contributed by atoms with Crippen LogP contribution in [0.25, 0.3) is 0 Å². The predicted molar refractivity (Wildman–Crippen MR) is 223 cm³/mol. The monoisotopic (exact) mass is 709 g/mol. The first-order chi connectivity index (χ1) is 25.2. The molecule has 0 radical (unpaired) electrons. The number of allylic oxidation sites excluding steroid dienone is 14. The van der Waals surface area contributed by atoms with Crippen LogP contribution >= 0.6 is 0 Å². The number of rotatable bonds is 38. The van der Waals surface area contributed by atoms with E-state index in [9.17, 15) is 9.90 Å². The van der Waals surface area contributed by atoms with Gasteiger partial charge in [-0.15, -0.1) is 0 Å². The van der Waals surface area contributed by atoms with Gasteiger partial charge in [0.25, 0.3) is 0 Å². The molecule has 0 aromatic heterocycles. The summed E-state index contributed by atoms with van der Waals surface area (Å²) in [6, 6.07) is 0. The first-order valence-electron chi connectivity index (χ1n) is 21.2. The molecule has 0 aromatic rings. The average Bonchev–Trinajstić information content (AvgIpc) is 3.14. The molecular weight excluding hydrogens is 629 g/mol. The third kappa shape index (κ3) is 41.9. The molecule has 1 N–H and O–H groups in total. The topological polar surface area (TPSA) is 55.8 Å². The number of hydrogen-bond acceptors (Lipinski definition) is 4. The smallest absolute Gasteiger partial charge is 0.306 e. The lowest BCUT2D eigenvalue weighted by atomic mass is 10.1. The lowest BCUT2D eigenvalue weighted by molar-refractivity contribution is -0.154. The van der Waals surface area contributed by atoms with Crippen LogP contribution in [0.5, 0.6) is 0 Å². The Labute approximate surface area is 316 Å². The van der Waals surface area contributed by atoms with Gasteiger partial charge in [-0.1, -0.05) is 176 Å². The summed E-state index contributed by atoms with van der Waals surface area (Å²) >= 11 is 0. The maximum atomic E-state index is 12.2. The number of aliphatic hydroxyl groups excluding tert-OH is 1. The van der Waals surface area contributed by atoms with Crippen molar-refractivity contribution in [2.24, 2.45) is 0 Å². The Kier molecular flexibility index (Phi) is 41.6. The molecule has 51 heavy (non-hydrogen) atoms. The maximum absolute atomic E-state index is 12.2. The number of esters is 1. The zero-order valence-electron chi connectivity index (χ0n) is 33.3. The van der Waals surface area contributed by atoms with Crippen LogP contribution in [0.4, 0.5) is 0 Å². The van der Waals surface area contributed by atoms with Gasteiger partial charge in [0.15, 0.2) is 0 Å². The van der Waals surface area contributed by atoms with Gasteiger partial charge < -0.3 is 14.6 Å². The van der Waals surface area contributed by atoms with Crippen molar-refractivity contribution >= 4 is 5.97 Å². The highest BCUT2D eigenvalue weighted by Gasteiger charge is 2.13. The highest BCUT2D eigenvalue weighted by atomic mass is 16.6. The van der Waals surface area contributed by atoms with E-state index in [1.807, 2.05) is 0 Å². The van der Waals surface area contributed by atoms with Crippen molar-refractivity contribution in [1.29, 1.82) is 0 Å². The standard InChI is InChI=1S/C47H80O4/c1-3-5-7-9-11-13-15-17-19-21-22-23-24-25-27-29-31-33-35-37-39-41-43-50-45-46(44-48)51-47(49)42-40-38-36-34-32-30-28-26-20-18-16-14-12-10-8-6-4-2/h5-8,11-14,17-20,22-23,46,48H,3-4,9-10,15-16,21,24-45H2,1-2H3/b7-5-,8-6-,13-11-,14-12-,19-17-,20-18-,23-22-. The largest absolute Gasteiger partial charge is 0.457 e. The minimum atomic E-state index is -0.548. The quantitative estimate of drug-likeness (QED) is 0.0394. The van der Waals surface area contributed by atoms with Crippen LogP contribution in [0.2, 0.25) is 0 Å². The maximum Gasteiger partial charge on any atom is 0.306 e. The van der Waals surface area contributed by atoms with Crippen molar-refractivity contribution in [3.8, 4) is 0 Å². The Bertz CT molecular complexity index is 923. The van der Waals surface area contributed by atoms with Gasteiger partial charge in [-0.25, -0.2) is 0 Å². The summed E-state index contributed by atoms with van der Waals surface area (Å²) in [5.74, 6) is -0.216. The number of hydrogen-bond donors (Lipinski definition) is 1. The molecule has 0 spiro atoms. The Hall–Kier alpha value is -2.43. The third-order valence-electron chi connectivity index (χ3n) is 8.72. The van der Waals surface area contributed by atoms with E-state index in [0.717, 1.165) is 64.2 Å². The summed E-state index contributed by atoms with van der Waals surface area (Å²) in [5, 5.41) is 9.60. The van der Waals surface area contributed by atoms with Crippen molar-refractivity contribution in [3.05, 3.63) is 85.1 Å². The van der Waals surface area contributed by atoms with Crippen molar-refractivity contribution in [2.45, 2.75) is 187 Å². The van der Waals surface area contributed by atoms with Crippen LogP contribution in [0.1, 0.15) is 181 Å². The Morgan fingerprint density at radius 3 is 1.24 bits per heavy atom. The molecule has 0 saturated carbocycles. The second kappa shape index (κ2) is 43.7. The van der Waals surface area contributed by atoms with E-state index in [4.69, 9.17) is 9.47 Å². The van der Waals surface area contributed by atoms with Gasteiger partial charge in [-0.05, 0) is 83.5 Å². The Morgan fingerprint density at radius 2 is 0.824 bits per heavy atom. The molecule has 0 heterocycles. The summed E-state index contributed by atoms with van der Waals surface area (Å²) in [7, 11) is 0. The van der Waals surface area contributed by atoms with Crippen molar-refractivity contribution in [2.75, 3.05) is 19.8 Å². The van der Waals surface area contributed by atoms with Gasteiger partial charge in [-0.3, -0.25) is 4.79 Å². The molecule has 0 saturated heterocycles. The van der Waals surface area contributed by atoms with E-state index < -0.39 is 6.10 Å². The van der Waals surface area contributed by atoms with Gasteiger partial charge in [0, 0.05) is 13.0 Å². The number of aliphatic hydroxyl groups is 1. The van der Waals surface area contributed by atoms with Gasteiger partial charge >= 0.3 is 5.97 Å². The molecule has 1 atom stereocenters. The Balaban J connectivity index is 3.48. The first-order valence-corrected chi connectivity index (χ1v) is 21.2. The zero-order valence-corrected chi connectivity index (χ0v) is 33.3. The SMILES string of the molecule is CC/C=C\C/C=C\C/C=C\C/C=C\CCCCCCCCCCCOCC(CO)OC(=O)CCCCCCCCC/C=C\C/C=C\C/C=C\CC. The number of ether oxygens (including phenoxy) is 2. The molecular formula is C47H80O4. The summed E-state index contributed by atoms with van der Waals surface area (Å²) in [6.07, 6.45) is 60.7. The minimum absolute atomic E-state index is 0.183. The Morgan fingerprint density at radius 1 is 0.471 bits per heavy atom.